The van der Waals surface area contributed by atoms with Crippen LogP contribution in [0.5, 0.6) is 0 Å². The molecule has 0 saturated heterocycles. The van der Waals surface area contributed by atoms with Crippen LogP contribution in [-0.4, -0.2) is 48.4 Å². The average molecular weight is 492 g/mol. The Kier molecular flexibility index (Phi) is 7.72. The predicted octanol–water partition coefficient (Wildman–Crippen LogP) is 4.46. The zero-order valence-corrected chi connectivity index (χ0v) is 19.3. The average Bonchev–Trinajstić information content (AvgIpc) is 3.08. The molecule has 0 heterocycles. The van der Waals surface area contributed by atoms with Gasteiger partial charge in [-0.1, -0.05) is 62.4 Å². The third-order valence-corrected chi connectivity index (χ3v) is 5.80. The van der Waals surface area contributed by atoms with Gasteiger partial charge in [-0.15, -0.1) is 0 Å². The summed E-state index contributed by atoms with van der Waals surface area (Å²) in [5.41, 5.74) is 3.38. The van der Waals surface area contributed by atoms with Gasteiger partial charge in [0.2, 0.25) is 5.91 Å². The van der Waals surface area contributed by atoms with E-state index in [0.717, 1.165) is 22.3 Å². The first-order valence-electron chi connectivity index (χ1n) is 11.0. The van der Waals surface area contributed by atoms with Gasteiger partial charge in [-0.3, -0.25) is 9.59 Å². The first-order chi connectivity index (χ1) is 16.4. The molecule has 2 aromatic rings. The number of carbonyl (C=O) groups is 3. The first kappa shape index (κ1) is 26.1. The van der Waals surface area contributed by atoms with Gasteiger partial charge >= 0.3 is 18.2 Å². The summed E-state index contributed by atoms with van der Waals surface area (Å²) in [7, 11) is 0. The van der Waals surface area contributed by atoms with Crippen molar-refractivity contribution in [2.75, 3.05) is 13.2 Å². The Morgan fingerprint density at radius 2 is 1.54 bits per heavy atom. The first-order valence-corrected chi connectivity index (χ1v) is 11.0. The number of carboxylic acids is 1. The lowest BCUT2D eigenvalue weighted by Gasteiger charge is -2.26. The minimum Gasteiger partial charge on any atom is -0.481 e. The lowest BCUT2D eigenvalue weighted by molar-refractivity contribution is -0.170. The number of hydrogen-bond acceptors (Lipinski definition) is 4. The van der Waals surface area contributed by atoms with Crippen molar-refractivity contribution in [3.05, 3.63) is 59.7 Å². The Morgan fingerprint density at radius 1 is 1.00 bits per heavy atom. The highest BCUT2D eigenvalue weighted by Crippen LogP contribution is 2.44. The summed E-state index contributed by atoms with van der Waals surface area (Å²) >= 11 is 0. The van der Waals surface area contributed by atoms with E-state index in [-0.39, 0.29) is 25.5 Å². The molecule has 2 amide bonds. The van der Waals surface area contributed by atoms with Crippen LogP contribution in [0.2, 0.25) is 0 Å². The second kappa shape index (κ2) is 10.4. The monoisotopic (exact) mass is 492 g/mol. The third kappa shape index (κ3) is 6.74. The van der Waals surface area contributed by atoms with Crippen LogP contribution in [0.4, 0.5) is 18.0 Å². The molecule has 0 aliphatic heterocycles. The molecule has 35 heavy (non-hydrogen) atoms. The topological polar surface area (TPSA) is 105 Å². The number of ether oxygens (including phenoxy) is 1. The van der Waals surface area contributed by atoms with E-state index in [1.165, 1.54) is 0 Å². The highest BCUT2D eigenvalue weighted by molar-refractivity contribution is 5.79. The molecule has 2 aromatic carbocycles. The summed E-state index contributed by atoms with van der Waals surface area (Å²) in [6.45, 7) is 3.25. The van der Waals surface area contributed by atoms with E-state index < -0.39 is 42.0 Å². The van der Waals surface area contributed by atoms with Crippen LogP contribution < -0.4 is 10.6 Å². The largest absolute Gasteiger partial charge is 0.481 e. The van der Waals surface area contributed by atoms with Crippen molar-refractivity contribution in [1.82, 2.24) is 10.6 Å². The normalized spacial score (nSPS) is 14.0. The molecule has 10 heteroatoms. The summed E-state index contributed by atoms with van der Waals surface area (Å²) in [4.78, 5) is 35.1. The zero-order valence-electron chi connectivity index (χ0n) is 19.3. The van der Waals surface area contributed by atoms with Crippen molar-refractivity contribution >= 4 is 18.0 Å². The minimum absolute atomic E-state index is 0.0350. The summed E-state index contributed by atoms with van der Waals surface area (Å²) < 4.78 is 44.4. The molecule has 1 unspecified atom stereocenters. The second-order valence-electron chi connectivity index (χ2n) is 9.28. The van der Waals surface area contributed by atoms with Gasteiger partial charge < -0.3 is 20.5 Å². The molecule has 0 fully saturated rings. The Bertz CT molecular complexity index is 1060. The van der Waals surface area contributed by atoms with Crippen LogP contribution in [0.1, 0.15) is 43.7 Å². The molecule has 1 aliphatic rings. The van der Waals surface area contributed by atoms with Gasteiger partial charge in [0.05, 0.1) is 6.42 Å². The van der Waals surface area contributed by atoms with E-state index in [2.05, 4.69) is 5.32 Å². The number of nitrogens with one attached hydrogen (secondary N) is 2. The molecular weight excluding hydrogens is 465 g/mol. The minimum atomic E-state index is -4.89. The quantitative estimate of drug-likeness (QED) is 0.479. The highest BCUT2D eigenvalue weighted by atomic mass is 19.4. The van der Waals surface area contributed by atoms with Gasteiger partial charge in [-0.05, 0) is 27.7 Å². The number of halogens is 3. The summed E-state index contributed by atoms with van der Waals surface area (Å²) in [5.74, 6) is -2.77. The maximum atomic E-state index is 13.0. The molecule has 7 nitrogen and oxygen atoms in total. The number of alkyl carbamates (subject to hydrolysis) is 1. The number of benzene rings is 2. The standard InChI is InChI=1S/C25H27F3N2O5/c1-24(2,12-21(31)30-20(11-22(32)33)25(26,27)28)14-29-23(34)35-13-19-17-9-5-3-7-15(17)16-8-4-6-10-18(16)19/h3-10,19-20H,11-14H2,1-2H3,(H,29,34)(H,30,31)(H,32,33). The molecule has 3 rings (SSSR count). The molecule has 3 N–H and O–H groups in total. The maximum Gasteiger partial charge on any atom is 0.409 e. The second-order valence-corrected chi connectivity index (χ2v) is 9.28. The van der Waals surface area contributed by atoms with Crippen LogP contribution in [0.15, 0.2) is 48.5 Å². The van der Waals surface area contributed by atoms with Gasteiger partial charge in [-0.2, -0.15) is 13.2 Å². The molecule has 0 spiro atoms. The molecule has 0 radical (unpaired) electrons. The maximum absolute atomic E-state index is 13.0. The fourth-order valence-electron chi connectivity index (χ4n) is 4.13. The molecule has 0 saturated carbocycles. The summed E-state index contributed by atoms with van der Waals surface area (Å²) in [6, 6.07) is 13.3. The van der Waals surface area contributed by atoms with Gasteiger partial charge in [-0.25, -0.2) is 4.79 Å². The van der Waals surface area contributed by atoms with E-state index in [0.29, 0.717) is 0 Å². The summed E-state index contributed by atoms with van der Waals surface area (Å²) in [5, 5.41) is 12.9. The van der Waals surface area contributed by atoms with Crippen molar-refractivity contribution in [3.63, 3.8) is 0 Å². The number of amides is 2. The van der Waals surface area contributed by atoms with Crippen LogP contribution >= 0.6 is 0 Å². The molecule has 0 bridgehead atoms. The van der Waals surface area contributed by atoms with Gasteiger partial charge in [0, 0.05) is 18.9 Å². The number of aliphatic carboxylic acids is 1. The van der Waals surface area contributed by atoms with Crippen LogP contribution in [0, 0.1) is 5.41 Å². The van der Waals surface area contributed by atoms with Crippen molar-refractivity contribution in [1.29, 1.82) is 0 Å². The van der Waals surface area contributed by atoms with Crippen molar-refractivity contribution in [2.45, 2.75) is 44.8 Å². The van der Waals surface area contributed by atoms with E-state index in [1.54, 1.807) is 19.2 Å². The number of hydrogen-bond donors (Lipinski definition) is 3. The van der Waals surface area contributed by atoms with Crippen molar-refractivity contribution < 1.29 is 37.4 Å². The summed E-state index contributed by atoms with van der Waals surface area (Å²) in [6.07, 6.45) is -7.23. The van der Waals surface area contributed by atoms with Crippen molar-refractivity contribution in [3.8, 4) is 11.1 Å². The van der Waals surface area contributed by atoms with E-state index in [4.69, 9.17) is 9.84 Å². The third-order valence-electron chi connectivity index (χ3n) is 5.80. The van der Waals surface area contributed by atoms with Gasteiger partial charge in [0.15, 0.2) is 0 Å². The van der Waals surface area contributed by atoms with Crippen LogP contribution in [0.3, 0.4) is 0 Å². The Hall–Kier alpha value is -3.56. The number of alkyl halides is 3. The lowest BCUT2D eigenvalue weighted by Crippen LogP contribution is -2.48. The SMILES string of the molecule is CC(C)(CNC(=O)OCC1c2ccccc2-c2ccccc21)CC(=O)NC(CC(=O)O)C(F)(F)F. The molecule has 1 atom stereocenters. The molecule has 188 valence electrons. The van der Waals surface area contributed by atoms with Gasteiger partial charge in [0.25, 0.3) is 0 Å². The lowest BCUT2D eigenvalue weighted by atomic mass is 9.88. The Labute approximate surface area is 200 Å². The smallest absolute Gasteiger partial charge is 0.409 e. The van der Waals surface area contributed by atoms with E-state index >= 15 is 0 Å². The fraction of sp³-hybridized carbons (Fsp3) is 0.400. The van der Waals surface area contributed by atoms with Crippen molar-refractivity contribution in [2.24, 2.45) is 5.41 Å². The number of carbonyl (C=O) groups excluding carboxylic acids is 2. The molecular formula is C25H27F3N2O5. The molecule has 0 aromatic heterocycles. The van der Waals surface area contributed by atoms with Gasteiger partial charge in [0.1, 0.15) is 12.6 Å². The van der Waals surface area contributed by atoms with E-state index in [9.17, 15) is 27.6 Å². The van der Waals surface area contributed by atoms with Crippen LogP contribution in [0.25, 0.3) is 11.1 Å². The Balaban J connectivity index is 1.52. The molecule has 1 aliphatic carbocycles. The Morgan fingerprint density at radius 3 is 2.06 bits per heavy atom. The predicted molar refractivity (Wildman–Crippen MR) is 122 cm³/mol. The van der Waals surface area contributed by atoms with Crippen LogP contribution in [-0.2, 0) is 14.3 Å². The van der Waals surface area contributed by atoms with E-state index in [1.807, 2.05) is 48.5 Å². The number of rotatable bonds is 9. The number of fused-ring (bicyclic) bond motifs is 3. The highest BCUT2D eigenvalue weighted by Gasteiger charge is 2.42. The zero-order chi connectivity index (χ0) is 25.8. The fourth-order valence-corrected chi connectivity index (χ4v) is 4.13. The number of carboxylic acid groups (broad SMARTS) is 1.